The molecule has 1 N–H and O–H groups in total. The van der Waals surface area contributed by atoms with Gasteiger partial charge in [0.15, 0.2) is 0 Å². The highest BCUT2D eigenvalue weighted by atomic mass is 16.4. The first-order valence-electron chi connectivity index (χ1n) is 8.35. The van der Waals surface area contributed by atoms with Crippen LogP contribution in [-0.4, -0.2) is 35.1 Å². The molecule has 122 valence electrons. The fraction of sp³-hybridized carbons (Fsp3) is 0.632. The van der Waals surface area contributed by atoms with Crippen LogP contribution in [0.4, 0.5) is 0 Å². The van der Waals surface area contributed by atoms with Crippen molar-refractivity contribution >= 4 is 5.97 Å². The summed E-state index contributed by atoms with van der Waals surface area (Å²) in [7, 11) is 0. The maximum absolute atomic E-state index is 11.3. The summed E-state index contributed by atoms with van der Waals surface area (Å²) in [6, 6.07) is 9.00. The van der Waals surface area contributed by atoms with Crippen molar-refractivity contribution in [3.63, 3.8) is 0 Å². The number of aliphatic carboxylic acids is 1. The van der Waals surface area contributed by atoms with Gasteiger partial charge in [-0.05, 0) is 49.3 Å². The van der Waals surface area contributed by atoms with E-state index < -0.39 is 5.97 Å². The third kappa shape index (κ3) is 4.10. The van der Waals surface area contributed by atoms with Crippen LogP contribution in [0.2, 0.25) is 0 Å². The second-order valence-corrected chi connectivity index (χ2v) is 7.56. The molecule has 1 aliphatic rings. The average Bonchev–Trinajstić information content (AvgIpc) is 2.45. The molecule has 3 nitrogen and oxygen atoms in total. The van der Waals surface area contributed by atoms with Crippen molar-refractivity contribution in [2.24, 2.45) is 5.92 Å². The van der Waals surface area contributed by atoms with Gasteiger partial charge in [-0.2, -0.15) is 0 Å². The van der Waals surface area contributed by atoms with Gasteiger partial charge in [0.25, 0.3) is 0 Å². The number of rotatable bonds is 4. The molecule has 0 unspecified atom stereocenters. The molecule has 3 heteroatoms. The largest absolute Gasteiger partial charge is 0.481 e. The molecule has 1 aromatic carbocycles. The van der Waals surface area contributed by atoms with Gasteiger partial charge in [-0.3, -0.25) is 9.69 Å². The molecule has 1 fully saturated rings. The first-order valence-corrected chi connectivity index (χ1v) is 8.35. The Morgan fingerprint density at radius 3 is 2.45 bits per heavy atom. The van der Waals surface area contributed by atoms with E-state index in [4.69, 9.17) is 0 Å². The topological polar surface area (TPSA) is 40.5 Å². The van der Waals surface area contributed by atoms with Crippen molar-refractivity contribution < 1.29 is 9.90 Å². The summed E-state index contributed by atoms with van der Waals surface area (Å²) in [4.78, 5) is 13.6. The van der Waals surface area contributed by atoms with Crippen LogP contribution in [0, 0.1) is 5.92 Å². The summed E-state index contributed by atoms with van der Waals surface area (Å²) in [5, 5.41) is 9.29. The highest BCUT2D eigenvalue weighted by Crippen LogP contribution is 2.25. The van der Waals surface area contributed by atoms with Gasteiger partial charge in [0.2, 0.25) is 0 Å². The van der Waals surface area contributed by atoms with Gasteiger partial charge in [0.1, 0.15) is 0 Å². The molecule has 0 aromatic heterocycles. The monoisotopic (exact) mass is 303 g/mol. The normalized spacial score (nSPS) is 23.5. The minimum absolute atomic E-state index is 0.139. The van der Waals surface area contributed by atoms with E-state index in [1.807, 2.05) is 0 Å². The minimum atomic E-state index is -0.647. The third-order valence-corrected chi connectivity index (χ3v) is 4.94. The van der Waals surface area contributed by atoms with Crippen LogP contribution in [0.1, 0.15) is 51.7 Å². The number of piperidine rings is 1. The predicted octanol–water partition coefficient (Wildman–Crippen LogP) is 3.71. The van der Waals surface area contributed by atoms with Gasteiger partial charge in [-0.1, -0.05) is 45.0 Å². The second kappa shape index (κ2) is 6.82. The van der Waals surface area contributed by atoms with E-state index in [2.05, 4.69) is 56.9 Å². The molecule has 0 aliphatic carbocycles. The molecule has 0 bridgehead atoms. The SMILES string of the molecule is C[C@@H]1[C@H](C(=O)O)CCCN1CCc1ccc(C(C)(C)C)cc1. The van der Waals surface area contributed by atoms with Gasteiger partial charge in [-0.25, -0.2) is 0 Å². The number of carbonyl (C=O) groups is 1. The lowest BCUT2D eigenvalue weighted by molar-refractivity contribution is -0.145. The van der Waals surface area contributed by atoms with Crippen molar-refractivity contribution in [3.8, 4) is 0 Å². The predicted molar refractivity (Wildman–Crippen MR) is 90.2 cm³/mol. The quantitative estimate of drug-likeness (QED) is 0.921. The van der Waals surface area contributed by atoms with Crippen LogP contribution in [-0.2, 0) is 16.6 Å². The van der Waals surface area contributed by atoms with Crippen LogP contribution in [0.5, 0.6) is 0 Å². The van der Waals surface area contributed by atoms with E-state index in [9.17, 15) is 9.90 Å². The number of carboxylic acids is 1. The van der Waals surface area contributed by atoms with Crippen molar-refractivity contribution in [3.05, 3.63) is 35.4 Å². The maximum atomic E-state index is 11.3. The van der Waals surface area contributed by atoms with Gasteiger partial charge >= 0.3 is 5.97 Å². The number of benzene rings is 1. The summed E-state index contributed by atoms with van der Waals surface area (Å²) in [6.07, 6.45) is 2.79. The Hall–Kier alpha value is -1.35. The van der Waals surface area contributed by atoms with E-state index in [0.717, 1.165) is 32.4 Å². The van der Waals surface area contributed by atoms with E-state index in [1.165, 1.54) is 11.1 Å². The summed E-state index contributed by atoms with van der Waals surface area (Å²) in [5.74, 6) is -0.858. The van der Waals surface area contributed by atoms with E-state index in [1.54, 1.807) is 0 Å². The number of hydrogen-bond donors (Lipinski definition) is 1. The zero-order chi connectivity index (χ0) is 16.3. The van der Waals surface area contributed by atoms with Crippen LogP contribution in [0.25, 0.3) is 0 Å². The smallest absolute Gasteiger partial charge is 0.308 e. The van der Waals surface area contributed by atoms with E-state index >= 15 is 0 Å². The second-order valence-electron chi connectivity index (χ2n) is 7.56. The summed E-state index contributed by atoms with van der Waals surface area (Å²) in [5.41, 5.74) is 2.88. The molecular formula is C19H29NO2. The molecule has 0 spiro atoms. The lowest BCUT2D eigenvalue weighted by Gasteiger charge is -2.37. The first kappa shape index (κ1) is 17.0. The first-order chi connectivity index (χ1) is 10.3. The Kier molecular flexibility index (Phi) is 5.28. The number of carboxylic acid groups (broad SMARTS) is 1. The zero-order valence-corrected chi connectivity index (χ0v) is 14.3. The van der Waals surface area contributed by atoms with Gasteiger partial charge < -0.3 is 5.11 Å². The number of nitrogens with zero attached hydrogens (tertiary/aromatic N) is 1. The number of hydrogen-bond acceptors (Lipinski definition) is 2. The van der Waals surface area contributed by atoms with Crippen LogP contribution >= 0.6 is 0 Å². The maximum Gasteiger partial charge on any atom is 0.308 e. The lowest BCUT2D eigenvalue weighted by Crippen LogP contribution is -2.46. The standard InChI is InChI=1S/C19H29NO2/c1-14-17(18(21)22)6-5-12-20(14)13-11-15-7-9-16(10-8-15)19(2,3)4/h7-10,14,17H,5-6,11-13H2,1-4H3,(H,21,22)/t14-,17-/m1/s1. The fourth-order valence-electron chi connectivity index (χ4n) is 3.30. The molecule has 22 heavy (non-hydrogen) atoms. The molecule has 0 radical (unpaired) electrons. The Morgan fingerprint density at radius 2 is 1.91 bits per heavy atom. The zero-order valence-electron chi connectivity index (χ0n) is 14.3. The highest BCUT2D eigenvalue weighted by Gasteiger charge is 2.32. The van der Waals surface area contributed by atoms with Crippen LogP contribution in [0.15, 0.2) is 24.3 Å². The van der Waals surface area contributed by atoms with Crippen LogP contribution in [0.3, 0.4) is 0 Å². The molecule has 2 rings (SSSR count). The molecule has 0 amide bonds. The third-order valence-electron chi connectivity index (χ3n) is 4.94. The molecule has 1 heterocycles. The van der Waals surface area contributed by atoms with Crippen molar-refractivity contribution in [2.45, 2.75) is 58.4 Å². The minimum Gasteiger partial charge on any atom is -0.481 e. The summed E-state index contributed by atoms with van der Waals surface area (Å²) < 4.78 is 0. The Balaban J connectivity index is 1.93. The van der Waals surface area contributed by atoms with E-state index in [-0.39, 0.29) is 17.4 Å². The fourth-order valence-corrected chi connectivity index (χ4v) is 3.30. The van der Waals surface area contributed by atoms with Crippen LogP contribution < -0.4 is 0 Å². The molecule has 1 aromatic rings. The lowest BCUT2D eigenvalue weighted by atomic mass is 9.86. The summed E-state index contributed by atoms with van der Waals surface area (Å²) >= 11 is 0. The highest BCUT2D eigenvalue weighted by molar-refractivity contribution is 5.70. The Morgan fingerprint density at radius 1 is 1.27 bits per heavy atom. The van der Waals surface area contributed by atoms with Gasteiger partial charge in [0, 0.05) is 12.6 Å². The Bertz CT molecular complexity index is 501. The van der Waals surface area contributed by atoms with Gasteiger partial charge in [-0.15, -0.1) is 0 Å². The summed E-state index contributed by atoms with van der Waals surface area (Å²) in [6.45, 7) is 10.7. The van der Waals surface area contributed by atoms with Gasteiger partial charge in [0.05, 0.1) is 5.92 Å². The Labute approximate surface area is 134 Å². The number of likely N-dealkylation sites (tertiary alicyclic amines) is 1. The van der Waals surface area contributed by atoms with Crippen molar-refractivity contribution in [1.29, 1.82) is 0 Å². The van der Waals surface area contributed by atoms with E-state index in [0.29, 0.717) is 0 Å². The van der Waals surface area contributed by atoms with Crippen molar-refractivity contribution in [2.75, 3.05) is 13.1 Å². The molecule has 0 saturated carbocycles. The average molecular weight is 303 g/mol. The molecule has 1 saturated heterocycles. The molecule has 1 aliphatic heterocycles. The molecular weight excluding hydrogens is 274 g/mol. The molecule has 2 atom stereocenters. The van der Waals surface area contributed by atoms with Crippen molar-refractivity contribution in [1.82, 2.24) is 4.90 Å².